The lowest BCUT2D eigenvalue weighted by Gasteiger charge is -2.23. The average molecular weight is 447 g/mol. The fourth-order valence-electron chi connectivity index (χ4n) is 4.99. The fraction of sp³-hybridized carbons (Fsp3) is 0.458. The van der Waals surface area contributed by atoms with Crippen LogP contribution < -0.4 is 15.5 Å². The summed E-state index contributed by atoms with van der Waals surface area (Å²) in [5.74, 6) is 2.89. The normalized spacial score (nSPS) is 18.0. The van der Waals surface area contributed by atoms with Gasteiger partial charge in [-0.1, -0.05) is 6.07 Å². The van der Waals surface area contributed by atoms with Gasteiger partial charge in [-0.05, 0) is 58.7 Å². The Morgan fingerprint density at radius 3 is 2.70 bits per heavy atom. The highest BCUT2D eigenvalue weighted by Gasteiger charge is 2.34. The molecule has 1 saturated heterocycles. The van der Waals surface area contributed by atoms with Gasteiger partial charge in [0.05, 0.1) is 17.8 Å². The molecule has 0 saturated carbocycles. The molecule has 5 rings (SSSR count). The summed E-state index contributed by atoms with van der Waals surface area (Å²) in [4.78, 5) is 27.1. The van der Waals surface area contributed by atoms with E-state index in [1.807, 2.05) is 35.8 Å². The first-order valence-electron chi connectivity index (χ1n) is 11.6. The number of nitrogens with zero attached hydrogens (tertiary/aromatic N) is 7. The van der Waals surface area contributed by atoms with E-state index >= 15 is 0 Å². The molecule has 0 bridgehead atoms. The van der Waals surface area contributed by atoms with Crippen molar-refractivity contribution in [3.8, 4) is 11.5 Å². The van der Waals surface area contributed by atoms with E-state index in [9.17, 15) is 4.79 Å². The predicted molar refractivity (Wildman–Crippen MR) is 127 cm³/mol. The van der Waals surface area contributed by atoms with Crippen LogP contribution in [-0.4, -0.2) is 43.2 Å². The van der Waals surface area contributed by atoms with Crippen LogP contribution in [0.5, 0.6) is 0 Å². The maximum Gasteiger partial charge on any atom is 0.260 e. The third kappa shape index (κ3) is 3.56. The Labute approximate surface area is 193 Å². The second-order valence-corrected chi connectivity index (χ2v) is 9.15. The van der Waals surface area contributed by atoms with Crippen LogP contribution in [0.25, 0.3) is 11.5 Å². The van der Waals surface area contributed by atoms with Gasteiger partial charge in [0.1, 0.15) is 23.2 Å². The number of amides is 1. The summed E-state index contributed by atoms with van der Waals surface area (Å²) in [6.45, 7) is 9.97. The molecule has 3 aromatic rings. The molecule has 5 heterocycles. The highest BCUT2D eigenvalue weighted by molar-refractivity contribution is 6.10. The van der Waals surface area contributed by atoms with Gasteiger partial charge in [0, 0.05) is 30.7 Å². The van der Waals surface area contributed by atoms with Crippen LogP contribution in [-0.2, 0) is 13.1 Å². The Kier molecular flexibility index (Phi) is 5.36. The molecule has 9 heteroatoms. The van der Waals surface area contributed by atoms with Crippen LogP contribution in [0.1, 0.15) is 67.1 Å². The van der Waals surface area contributed by atoms with Crippen LogP contribution >= 0.6 is 0 Å². The van der Waals surface area contributed by atoms with Gasteiger partial charge in [-0.15, -0.1) is 10.2 Å². The molecule has 0 spiro atoms. The SMILES string of the molecule is Cc1nnc(-c2cccc(N3Cc4c(cc(N5CCC[C@H]5C)nc4CN)C3=O)n2)n1C(C)C. The second-order valence-electron chi connectivity index (χ2n) is 9.15. The number of hydrogen-bond donors (Lipinski definition) is 1. The average Bonchev–Trinajstić information content (AvgIpc) is 3.50. The number of anilines is 2. The molecule has 1 atom stereocenters. The topological polar surface area (TPSA) is 106 Å². The quantitative estimate of drug-likeness (QED) is 0.641. The van der Waals surface area contributed by atoms with Gasteiger partial charge in [0.2, 0.25) is 0 Å². The van der Waals surface area contributed by atoms with Gasteiger partial charge in [-0.25, -0.2) is 9.97 Å². The Morgan fingerprint density at radius 1 is 1.18 bits per heavy atom. The molecule has 0 aromatic carbocycles. The summed E-state index contributed by atoms with van der Waals surface area (Å²) in [6, 6.07) is 8.20. The van der Waals surface area contributed by atoms with Crippen LogP contribution in [0.15, 0.2) is 24.3 Å². The molecule has 3 aromatic heterocycles. The van der Waals surface area contributed by atoms with Crippen LogP contribution in [0.2, 0.25) is 0 Å². The van der Waals surface area contributed by atoms with Crippen molar-refractivity contribution >= 4 is 17.5 Å². The Balaban J connectivity index is 1.51. The zero-order chi connectivity index (χ0) is 23.3. The summed E-state index contributed by atoms with van der Waals surface area (Å²) in [5, 5.41) is 8.57. The molecule has 2 N–H and O–H groups in total. The lowest BCUT2D eigenvalue weighted by Crippen LogP contribution is -2.28. The first kappa shape index (κ1) is 21.5. The van der Waals surface area contributed by atoms with Crippen molar-refractivity contribution in [3.63, 3.8) is 0 Å². The maximum atomic E-state index is 13.5. The molecule has 0 unspecified atom stereocenters. The first-order valence-corrected chi connectivity index (χ1v) is 11.6. The van der Waals surface area contributed by atoms with Gasteiger partial charge in [-0.3, -0.25) is 9.69 Å². The van der Waals surface area contributed by atoms with Gasteiger partial charge in [0.15, 0.2) is 5.82 Å². The van der Waals surface area contributed by atoms with E-state index in [0.717, 1.165) is 42.3 Å². The van der Waals surface area contributed by atoms with E-state index in [4.69, 9.17) is 15.7 Å². The van der Waals surface area contributed by atoms with Crippen LogP contribution in [0, 0.1) is 6.92 Å². The number of aryl methyl sites for hydroxylation is 1. The molecular weight excluding hydrogens is 416 g/mol. The molecular formula is C24H30N8O. The zero-order valence-electron chi connectivity index (χ0n) is 19.6. The largest absolute Gasteiger partial charge is 0.354 e. The van der Waals surface area contributed by atoms with Gasteiger partial charge in [-0.2, -0.15) is 0 Å². The summed E-state index contributed by atoms with van der Waals surface area (Å²) < 4.78 is 2.05. The summed E-state index contributed by atoms with van der Waals surface area (Å²) >= 11 is 0. The zero-order valence-corrected chi connectivity index (χ0v) is 19.6. The van der Waals surface area contributed by atoms with Crippen molar-refractivity contribution in [2.75, 3.05) is 16.3 Å². The third-order valence-electron chi connectivity index (χ3n) is 6.65. The lowest BCUT2D eigenvalue weighted by atomic mass is 10.1. The molecule has 1 amide bonds. The van der Waals surface area contributed by atoms with Crippen molar-refractivity contribution in [1.29, 1.82) is 0 Å². The van der Waals surface area contributed by atoms with E-state index in [-0.39, 0.29) is 11.9 Å². The number of carbonyl (C=O) groups excluding carboxylic acids is 1. The highest BCUT2D eigenvalue weighted by Crippen LogP contribution is 2.34. The third-order valence-corrected chi connectivity index (χ3v) is 6.65. The minimum atomic E-state index is -0.0682. The Bertz CT molecular complexity index is 1220. The molecule has 2 aliphatic heterocycles. The molecule has 0 aliphatic carbocycles. The summed E-state index contributed by atoms with van der Waals surface area (Å²) in [6.07, 6.45) is 2.27. The fourth-order valence-corrected chi connectivity index (χ4v) is 4.99. The number of rotatable bonds is 5. The van der Waals surface area contributed by atoms with Crippen molar-refractivity contribution in [3.05, 3.63) is 46.9 Å². The van der Waals surface area contributed by atoms with E-state index in [1.165, 1.54) is 0 Å². The maximum absolute atomic E-state index is 13.5. The summed E-state index contributed by atoms with van der Waals surface area (Å²) in [5.41, 5.74) is 9.10. The van der Waals surface area contributed by atoms with Crippen LogP contribution in [0.3, 0.4) is 0 Å². The Morgan fingerprint density at radius 2 is 2.00 bits per heavy atom. The van der Waals surface area contributed by atoms with Crippen molar-refractivity contribution in [2.24, 2.45) is 5.73 Å². The van der Waals surface area contributed by atoms with Gasteiger partial charge < -0.3 is 15.2 Å². The minimum Gasteiger partial charge on any atom is -0.354 e. The first-order chi connectivity index (χ1) is 15.9. The van der Waals surface area contributed by atoms with Crippen molar-refractivity contribution in [1.82, 2.24) is 24.7 Å². The molecule has 33 heavy (non-hydrogen) atoms. The summed E-state index contributed by atoms with van der Waals surface area (Å²) in [7, 11) is 0. The predicted octanol–water partition coefficient (Wildman–Crippen LogP) is 3.23. The molecule has 2 aliphatic rings. The standard InChI is InChI=1S/C24H30N8O/c1-14(2)32-16(4)28-29-23(32)19-8-5-9-21(26-19)31-13-18-17(24(31)33)11-22(27-20(18)12-25)30-10-6-7-15(30)3/h5,8-9,11,14-15H,6-7,10,12-13,25H2,1-4H3/t15-/m1/s1. The lowest BCUT2D eigenvalue weighted by molar-refractivity contribution is 0.0996. The number of fused-ring (bicyclic) bond motifs is 1. The van der Waals surface area contributed by atoms with Crippen LogP contribution in [0.4, 0.5) is 11.6 Å². The number of aromatic nitrogens is 5. The number of carbonyl (C=O) groups is 1. The molecule has 1 fully saturated rings. The van der Waals surface area contributed by atoms with Crippen molar-refractivity contribution < 1.29 is 4.79 Å². The van der Waals surface area contributed by atoms with E-state index in [1.54, 1.807) is 4.90 Å². The number of nitrogens with two attached hydrogens (primary N) is 1. The van der Waals surface area contributed by atoms with E-state index in [2.05, 4.69) is 35.9 Å². The number of hydrogen-bond acceptors (Lipinski definition) is 7. The molecule has 9 nitrogen and oxygen atoms in total. The van der Waals surface area contributed by atoms with E-state index < -0.39 is 0 Å². The highest BCUT2D eigenvalue weighted by atomic mass is 16.2. The molecule has 0 radical (unpaired) electrons. The monoisotopic (exact) mass is 446 g/mol. The second kappa shape index (κ2) is 8.22. The smallest absolute Gasteiger partial charge is 0.260 e. The Hall–Kier alpha value is -3.33. The minimum absolute atomic E-state index is 0.0682. The van der Waals surface area contributed by atoms with E-state index in [0.29, 0.717) is 42.0 Å². The van der Waals surface area contributed by atoms with Gasteiger partial charge >= 0.3 is 0 Å². The molecule has 172 valence electrons. The number of pyridine rings is 2. The van der Waals surface area contributed by atoms with Crippen molar-refractivity contribution in [2.45, 2.75) is 65.7 Å². The van der Waals surface area contributed by atoms with Gasteiger partial charge in [0.25, 0.3) is 5.91 Å².